The minimum atomic E-state index is -1.00. The first kappa shape index (κ1) is 30.0. The number of nitrogens with zero attached hydrogens (tertiary/aromatic N) is 4. The summed E-state index contributed by atoms with van der Waals surface area (Å²) in [7, 11) is 1.95. The van der Waals surface area contributed by atoms with Crippen molar-refractivity contribution in [1.82, 2.24) is 19.5 Å². The van der Waals surface area contributed by atoms with Crippen molar-refractivity contribution in [3.63, 3.8) is 0 Å². The van der Waals surface area contributed by atoms with Gasteiger partial charge in [0.15, 0.2) is 0 Å². The molecule has 1 radical (unpaired) electrons. The Morgan fingerprint density at radius 2 is 1.21 bits per heavy atom. The summed E-state index contributed by atoms with van der Waals surface area (Å²) in [4.78, 5) is 23.3. The Balaban J connectivity index is 0.000000146. The maximum Gasteiger partial charge on any atom is 0.354 e. The van der Waals surface area contributed by atoms with E-state index in [2.05, 4.69) is 27.1 Å². The number of aromatic carboxylic acids is 1. The van der Waals surface area contributed by atoms with Crippen LogP contribution in [0.1, 0.15) is 10.5 Å². The molecule has 4 aromatic heterocycles. The fourth-order valence-corrected chi connectivity index (χ4v) is 4.32. The predicted molar refractivity (Wildman–Crippen MR) is 162 cm³/mol. The molecule has 0 saturated heterocycles. The maximum absolute atomic E-state index is 10.9. The van der Waals surface area contributed by atoms with E-state index in [1.165, 1.54) is 0 Å². The fourth-order valence-electron chi connectivity index (χ4n) is 4.32. The summed E-state index contributed by atoms with van der Waals surface area (Å²) in [5.74, 6) is -1.00. The molecule has 0 aliphatic rings. The summed E-state index contributed by atoms with van der Waals surface area (Å²) in [6.07, 6.45) is 5.19. The number of para-hydroxylation sites is 1. The Hall–Kier alpha value is -4.97. The monoisotopic (exact) mass is 727 g/mol. The summed E-state index contributed by atoms with van der Waals surface area (Å²) >= 11 is 0. The van der Waals surface area contributed by atoms with Gasteiger partial charge in [0.25, 0.3) is 0 Å². The first-order valence-corrected chi connectivity index (χ1v) is 12.9. The molecule has 7 heteroatoms. The molecule has 0 spiro atoms. The first-order chi connectivity index (χ1) is 20.1. The van der Waals surface area contributed by atoms with Crippen LogP contribution in [0.5, 0.6) is 0 Å². The van der Waals surface area contributed by atoms with E-state index in [1.807, 2.05) is 121 Å². The zero-order valence-electron chi connectivity index (χ0n) is 22.7. The summed E-state index contributed by atoms with van der Waals surface area (Å²) in [6, 6.07) is 43.2. The minimum Gasteiger partial charge on any atom is -0.477 e. The van der Waals surface area contributed by atoms with E-state index in [4.69, 9.17) is 5.11 Å². The second-order valence-electron chi connectivity index (χ2n) is 8.95. The second kappa shape index (κ2) is 14.6. The van der Waals surface area contributed by atoms with Crippen molar-refractivity contribution in [1.29, 1.82) is 0 Å². The molecular weight excluding hydrogens is 701 g/mol. The molecule has 4 heterocycles. The standard InChI is InChI=1S/C13H10N2O2.2C11H8N.Ir/c1-15-11-5-3-2-4-8(11)9-6-10(13(16)17)14-7-12(9)15;2*1-2-6-10(7-3-1)11-8-4-5-9-12-11;/h2-7H,1H3,(H,16,17);2*1-6,8-9H;/q;2*-1;. The Bertz CT molecular complexity index is 1710. The van der Waals surface area contributed by atoms with Crippen molar-refractivity contribution < 1.29 is 30.0 Å². The van der Waals surface area contributed by atoms with Crippen LogP contribution in [0, 0.1) is 12.1 Å². The van der Waals surface area contributed by atoms with Gasteiger partial charge in [-0.3, -0.25) is 0 Å². The van der Waals surface area contributed by atoms with E-state index in [9.17, 15) is 4.79 Å². The molecule has 3 aromatic carbocycles. The summed E-state index contributed by atoms with van der Waals surface area (Å²) in [6.45, 7) is 0. The number of carboxylic acids is 1. The van der Waals surface area contributed by atoms with Crippen molar-refractivity contribution in [2.24, 2.45) is 7.05 Å². The summed E-state index contributed by atoms with van der Waals surface area (Å²) in [5, 5.41) is 10.9. The molecule has 7 aromatic rings. The third-order valence-electron chi connectivity index (χ3n) is 6.32. The van der Waals surface area contributed by atoms with E-state index in [-0.39, 0.29) is 25.8 Å². The largest absolute Gasteiger partial charge is 0.477 e. The summed E-state index contributed by atoms with van der Waals surface area (Å²) in [5.41, 5.74) is 6.12. The van der Waals surface area contributed by atoms with E-state index >= 15 is 0 Å². The van der Waals surface area contributed by atoms with Gasteiger partial charge >= 0.3 is 5.97 Å². The number of benzene rings is 3. The molecular formula is C35H26IrN4O2-2. The van der Waals surface area contributed by atoms with Crippen molar-refractivity contribution in [3.05, 3.63) is 152 Å². The van der Waals surface area contributed by atoms with Crippen molar-refractivity contribution in [2.45, 2.75) is 0 Å². The zero-order valence-corrected chi connectivity index (χ0v) is 25.1. The Kier molecular flexibility index (Phi) is 10.4. The molecule has 0 aliphatic heterocycles. The molecule has 7 rings (SSSR count). The molecule has 209 valence electrons. The van der Waals surface area contributed by atoms with E-state index < -0.39 is 5.97 Å². The molecule has 0 atom stereocenters. The first-order valence-electron chi connectivity index (χ1n) is 12.9. The Labute approximate surface area is 257 Å². The van der Waals surface area contributed by atoms with Gasteiger partial charge in [-0.1, -0.05) is 42.5 Å². The third-order valence-corrected chi connectivity index (χ3v) is 6.32. The van der Waals surface area contributed by atoms with Gasteiger partial charge in [0.05, 0.1) is 11.7 Å². The number of aromatic nitrogens is 4. The minimum absolute atomic E-state index is 0. The third kappa shape index (κ3) is 7.21. The zero-order chi connectivity index (χ0) is 28.4. The fraction of sp³-hybridized carbons (Fsp3) is 0.0286. The number of hydrogen-bond donors (Lipinski definition) is 1. The molecule has 0 amide bonds. The van der Waals surface area contributed by atoms with Gasteiger partial charge in [-0.15, -0.1) is 71.8 Å². The number of carboxylic acid groups (broad SMARTS) is 1. The molecule has 1 N–H and O–H groups in total. The van der Waals surface area contributed by atoms with Gasteiger partial charge < -0.3 is 19.6 Å². The van der Waals surface area contributed by atoms with Gasteiger partial charge in [0.2, 0.25) is 0 Å². The Morgan fingerprint density at radius 1 is 0.667 bits per heavy atom. The molecule has 0 bridgehead atoms. The van der Waals surface area contributed by atoms with Crippen molar-refractivity contribution >= 4 is 27.8 Å². The molecule has 0 unspecified atom stereocenters. The van der Waals surface area contributed by atoms with Crippen LogP contribution in [-0.4, -0.2) is 30.6 Å². The van der Waals surface area contributed by atoms with E-state index in [0.29, 0.717) is 0 Å². The van der Waals surface area contributed by atoms with Gasteiger partial charge in [0.1, 0.15) is 5.69 Å². The van der Waals surface area contributed by atoms with Crippen LogP contribution in [0.15, 0.2) is 134 Å². The van der Waals surface area contributed by atoms with Crippen LogP contribution in [0.25, 0.3) is 44.3 Å². The van der Waals surface area contributed by atoms with Crippen molar-refractivity contribution in [2.75, 3.05) is 0 Å². The molecule has 0 saturated carbocycles. The quantitative estimate of drug-likeness (QED) is 0.191. The Morgan fingerprint density at radius 3 is 1.71 bits per heavy atom. The predicted octanol–water partition coefficient (Wildman–Crippen LogP) is 7.52. The average Bonchev–Trinajstić information content (AvgIpc) is 3.34. The number of hydrogen-bond acceptors (Lipinski definition) is 4. The van der Waals surface area contributed by atoms with Crippen LogP contribution in [0.2, 0.25) is 0 Å². The molecule has 42 heavy (non-hydrogen) atoms. The van der Waals surface area contributed by atoms with Crippen LogP contribution in [0.3, 0.4) is 0 Å². The number of pyridine rings is 3. The van der Waals surface area contributed by atoms with Crippen LogP contribution in [-0.2, 0) is 27.2 Å². The molecule has 0 aliphatic carbocycles. The van der Waals surface area contributed by atoms with Gasteiger partial charge in [-0.05, 0) is 35.7 Å². The SMILES string of the molecule is Cn1c2ccccc2c2cc(C(=O)O)ncc21.[Ir].[c-]1ccccc1-c1ccccn1.[c-]1ccccc1-c1ccccn1. The second-order valence-corrected chi connectivity index (χ2v) is 8.95. The normalized spacial score (nSPS) is 10.0. The number of carbonyl (C=O) groups is 1. The van der Waals surface area contributed by atoms with E-state index in [1.54, 1.807) is 24.7 Å². The van der Waals surface area contributed by atoms with Gasteiger partial charge in [-0.25, -0.2) is 9.78 Å². The van der Waals surface area contributed by atoms with Gasteiger partial charge in [-0.2, -0.15) is 0 Å². The average molecular weight is 727 g/mol. The van der Waals surface area contributed by atoms with Crippen molar-refractivity contribution in [3.8, 4) is 22.5 Å². The van der Waals surface area contributed by atoms with Gasteiger partial charge in [0, 0.05) is 55.8 Å². The number of rotatable bonds is 3. The van der Waals surface area contributed by atoms with Crippen LogP contribution in [0.4, 0.5) is 0 Å². The smallest absolute Gasteiger partial charge is 0.354 e. The molecule has 6 nitrogen and oxygen atoms in total. The molecule has 0 fully saturated rings. The van der Waals surface area contributed by atoms with Crippen LogP contribution < -0.4 is 0 Å². The number of aryl methyl sites for hydroxylation is 1. The number of fused-ring (bicyclic) bond motifs is 3. The van der Waals surface area contributed by atoms with E-state index in [0.717, 1.165) is 44.3 Å². The summed E-state index contributed by atoms with van der Waals surface area (Å²) < 4.78 is 2.02. The maximum atomic E-state index is 10.9. The topological polar surface area (TPSA) is 80.9 Å². The van der Waals surface area contributed by atoms with Crippen LogP contribution >= 0.6 is 0 Å².